The first kappa shape index (κ1) is 12.5. The molecule has 2 aromatic rings. The fraction of sp³-hybridized carbons (Fsp3) is 0.368. The fourth-order valence-electron chi connectivity index (χ4n) is 3.45. The van der Waals surface area contributed by atoms with Gasteiger partial charge in [-0.1, -0.05) is 73.5 Å². The molecule has 3 rings (SSSR count). The van der Waals surface area contributed by atoms with Gasteiger partial charge in [-0.3, -0.25) is 0 Å². The maximum absolute atomic E-state index is 2.38. The van der Waals surface area contributed by atoms with E-state index in [1.54, 1.807) is 0 Å². The molecule has 0 saturated heterocycles. The first-order valence-electron chi connectivity index (χ1n) is 7.10. The predicted molar refractivity (Wildman–Crippen MR) is 81.5 cm³/mol. The number of hydrogen-bond acceptors (Lipinski definition) is 0. The highest BCUT2D eigenvalue weighted by Crippen LogP contribution is 2.67. The van der Waals surface area contributed by atoms with Crippen LogP contribution in [0.1, 0.15) is 42.5 Å². The highest BCUT2D eigenvalue weighted by Gasteiger charge is 2.62. The maximum atomic E-state index is 2.38. The number of aryl methyl sites for hydroxylation is 2. The highest BCUT2D eigenvalue weighted by molar-refractivity contribution is 5.50. The Balaban J connectivity index is 2.11. The van der Waals surface area contributed by atoms with Crippen molar-refractivity contribution in [2.24, 2.45) is 5.41 Å². The minimum absolute atomic E-state index is 0.217. The molecule has 1 aliphatic rings. The molecular formula is C19H22. The summed E-state index contributed by atoms with van der Waals surface area (Å²) in [5, 5.41) is 0. The summed E-state index contributed by atoms with van der Waals surface area (Å²) in [6.07, 6.45) is 1.24. The van der Waals surface area contributed by atoms with Crippen LogP contribution in [0, 0.1) is 19.3 Å². The van der Waals surface area contributed by atoms with Crippen LogP contribution in [0.4, 0.5) is 0 Å². The van der Waals surface area contributed by atoms with E-state index < -0.39 is 0 Å². The molecule has 0 amide bonds. The molecule has 0 heterocycles. The molecule has 1 aliphatic carbocycles. The topological polar surface area (TPSA) is 0 Å². The summed E-state index contributed by atoms with van der Waals surface area (Å²) in [7, 11) is 0. The van der Waals surface area contributed by atoms with Crippen LogP contribution < -0.4 is 0 Å². The van der Waals surface area contributed by atoms with Crippen molar-refractivity contribution in [3.05, 3.63) is 70.8 Å². The van der Waals surface area contributed by atoms with Gasteiger partial charge >= 0.3 is 0 Å². The van der Waals surface area contributed by atoms with Gasteiger partial charge in [-0.15, -0.1) is 0 Å². The molecule has 1 saturated carbocycles. The minimum Gasteiger partial charge on any atom is -0.0590 e. The molecule has 2 aromatic carbocycles. The molecule has 0 unspecified atom stereocenters. The molecule has 0 atom stereocenters. The van der Waals surface area contributed by atoms with Crippen LogP contribution in [-0.2, 0) is 5.41 Å². The largest absolute Gasteiger partial charge is 0.0590 e. The van der Waals surface area contributed by atoms with Crippen molar-refractivity contribution in [1.29, 1.82) is 0 Å². The van der Waals surface area contributed by atoms with Gasteiger partial charge in [0.05, 0.1) is 0 Å². The average molecular weight is 250 g/mol. The molecule has 19 heavy (non-hydrogen) atoms. The van der Waals surface area contributed by atoms with Crippen LogP contribution >= 0.6 is 0 Å². The summed E-state index contributed by atoms with van der Waals surface area (Å²) in [6, 6.07) is 18.2. The van der Waals surface area contributed by atoms with Gasteiger partial charge in [0.15, 0.2) is 0 Å². The van der Waals surface area contributed by atoms with Gasteiger partial charge in [0.2, 0.25) is 0 Å². The molecule has 0 spiro atoms. The standard InChI is InChI=1S/C19H22/c1-14-5-9-16(10-6-14)19(13-18(19,3)4)17-11-7-15(2)8-12-17/h5-12H,13H2,1-4H3. The quantitative estimate of drug-likeness (QED) is 0.702. The molecule has 0 nitrogen and oxygen atoms in total. The van der Waals surface area contributed by atoms with E-state index >= 15 is 0 Å². The van der Waals surface area contributed by atoms with Crippen LogP contribution in [0.25, 0.3) is 0 Å². The Kier molecular flexibility index (Phi) is 2.60. The zero-order chi connectivity index (χ0) is 13.7. The zero-order valence-electron chi connectivity index (χ0n) is 12.3. The molecular weight excluding hydrogens is 228 g/mol. The lowest BCUT2D eigenvalue weighted by Gasteiger charge is -2.22. The first-order valence-corrected chi connectivity index (χ1v) is 7.10. The monoisotopic (exact) mass is 250 g/mol. The van der Waals surface area contributed by atoms with Gasteiger partial charge < -0.3 is 0 Å². The molecule has 0 N–H and O–H groups in total. The van der Waals surface area contributed by atoms with Crippen LogP contribution in [0.15, 0.2) is 48.5 Å². The van der Waals surface area contributed by atoms with E-state index in [0.29, 0.717) is 5.41 Å². The Morgan fingerprint density at radius 3 is 1.26 bits per heavy atom. The third kappa shape index (κ3) is 1.82. The average Bonchev–Trinajstić information content (AvgIpc) is 2.95. The van der Waals surface area contributed by atoms with Crippen molar-refractivity contribution in [3.8, 4) is 0 Å². The van der Waals surface area contributed by atoms with Crippen LogP contribution in [0.3, 0.4) is 0 Å². The summed E-state index contributed by atoms with van der Waals surface area (Å²) < 4.78 is 0. The van der Waals surface area contributed by atoms with E-state index in [1.807, 2.05) is 0 Å². The van der Waals surface area contributed by atoms with Crippen LogP contribution in [-0.4, -0.2) is 0 Å². The van der Waals surface area contributed by atoms with Crippen molar-refractivity contribution in [2.75, 3.05) is 0 Å². The van der Waals surface area contributed by atoms with Gasteiger partial charge in [0.1, 0.15) is 0 Å². The summed E-state index contributed by atoms with van der Waals surface area (Å²) >= 11 is 0. The minimum atomic E-state index is 0.217. The second-order valence-corrected chi connectivity index (χ2v) is 6.70. The lowest BCUT2D eigenvalue weighted by Crippen LogP contribution is -2.16. The lowest BCUT2D eigenvalue weighted by atomic mass is 9.81. The Labute approximate surface area is 116 Å². The first-order chi connectivity index (χ1) is 8.96. The third-order valence-corrected chi connectivity index (χ3v) is 4.83. The van der Waals surface area contributed by atoms with E-state index in [1.165, 1.54) is 28.7 Å². The zero-order valence-corrected chi connectivity index (χ0v) is 12.3. The van der Waals surface area contributed by atoms with Crippen LogP contribution in [0.5, 0.6) is 0 Å². The van der Waals surface area contributed by atoms with Gasteiger partial charge in [0, 0.05) is 5.41 Å². The Bertz CT molecular complexity index is 539. The molecule has 0 radical (unpaired) electrons. The van der Waals surface area contributed by atoms with Crippen molar-refractivity contribution >= 4 is 0 Å². The number of rotatable bonds is 2. The molecule has 98 valence electrons. The second kappa shape index (κ2) is 3.96. The fourth-order valence-corrected chi connectivity index (χ4v) is 3.45. The molecule has 0 aliphatic heterocycles. The Hall–Kier alpha value is -1.56. The summed E-state index contributed by atoms with van der Waals surface area (Å²) in [6.45, 7) is 9.07. The van der Waals surface area contributed by atoms with E-state index in [0.717, 1.165) is 0 Å². The highest BCUT2D eigenvalue weighted by atomic mass is 14.6. The maximum Gasteiger partial charge on any atom is 0.0259 e. The summed E-state index contributed by atoms with van der Waals surface area (Å²) in [5.41, 5.74) is 6.17. The Morgan fingerprint density at radius 2 is 1.00 bits per heavy atom. The molecule has 1 fully saturated rings. The molecule has 0 bridgehead atoms. The summed E-state index contributed by atoms with van der Waals surface area (Å²) in [4.78, 5) is 0. The molecule has 0 heteroatoms. The van der Waals surface area contributed by atoms with Crippen LogP contribution in [0.2, 0.25) is 0 Å². The second-order valence-electron chi connectivity index (χ2n) is 6.70. The number of benzene rings is 2. The van der Waals surface area contributed by atoms with E-state index in [-0.39, 0.29) is 5.41 Å². The number of hydrogen-bond donors (Lipinski definition) is 0. The van der Waals surface area contributed by atoms with E-state index in [2.05, 4.69) is 76.2 Å². The van der Waals surface area contributed by atoms with Crippen molar-refractivity contribution in [2.45, 2.75) is 39.5 Å². The van der Waals surface area contributed by atoms with Gasteiger partial charge in [-0.25, -0.2) is 0 Å². The Morgan fingerprint density at radius 1 is 0.684 bits per heavy atom. The van der Waals surface area contributed by atoms with Crippen molar-refractivity contribution < 1.29 is 0 Å². The van der Waals surface area contributed by atoms with Gasteiger partial charge in [0.25, 0.3) is 0 Å². The smallest absolute Gasteiger partial charge is 0.0259 e. The van der Waals surface area contributed by atoms with Crippen molar-refractivity contribution in [3.63, 3.8) is 0 Å². The normalized spacial score (nSPS) is 19.2. The predicted octanol–water partition coefficient (Wildman–Crippen LogP) is 5.02. The van der Waals surface area contributed by atoms with Gasteiger partial charge in [-0.05, 0) is 36.8 Å². The van der Waals surface area contributed by atoms with Crippen molar-refractivity contribution in [1.82, 2.24) is 0 Å². The van der Waals surface area contributed by atoms with E-state index in [9.17, 15) is 0 Å². The lowest BCUT2D eigenvalue weighted by molar-refractivity contribution is 0.552. The molecule has 0 aromatic heterocycles. The van der Waals surface area contributed by atoms with E-state index in [4.69, 9.17) is 0 Å². The SMILES string of the molecule is Cc1ccc(C2(c3ccc(C)cc3)CC2(C)C)cc1. The summed E-state index contributed by atoms with van der Waals surface area (Å²) in [5.74, 6) is 0. The van der Waals surface area contributed by atoms with Gasteiger partial charge in [-0.2, -0.15) is 0 Å². The third-order valence-electron chi connectivity index (χ3n) is 4.83.